The topological polar surface area (TPSA) is 180 Å². The Labute approximate surface area is 318 Å². The van der Waals surface area contributed by atoms with Gasteiger partial charge in [0.2, 0.25) is 11.5 Å². The lowest BCUT2D eigenvalue weighted by molar-refractivity contribution is -0.150. The minimum Gasteiger partial charge on any atom is -0.477 e. The van der Waals surface area contributed by atoms with Crippen LogP contribution < -0.4 is 16.4 Å². The van der Waals surface area contributed by atoms with Crippen molar-refractivity contribution in [3.8, 4) is 0 Å². The zero-order chi connectivity index (χ0) is 37.4. The number of carbonyl (C=O) groups excluding carboxylic acids is 3. The van der Waals surface area contributed by atoms with Crippen LogP contribution in [0.5, 0.6) is 0 Å². The van der Waals surface area contributed by atoms with Gasteiger partial charge in [0.25, 0.3) is 11.8 Å². The maximum Gasteiger partial charge on any atom is 0.352 e. The van der Waals surface area contributed by atoms with Crippen LogP contribution in [-0.4, -0.2) is 92.1 Å². The van der Waals surface area contributed by atoms with E-state index in [-0.39, 0.29) is 39.9 Å². The number of nitrogen functional groups attached to an aromatic ring is 1. The predicted molar refractivity (Wildman–Crippen MR) is 204 cm³/mol. The van der Waals surface area contributed by atoms with Gasteiger partial charge in [0.05, 0.1) is 6.04 Å². The van der Waals surface area contributed by atoms with Gasteiger partial charge in [-0.25, -0.2) is 9.78 Å². The Balaban J connectivity index is 1.10. The fraction of sp³-hybridized carbons (Fsp3) is 0.231. The number of allylic oxidation sites excluding steroid dienone is 1. The van der Waals surface area contributed by atoms with Gasteiger partial charge < -0.3 is 31.2 Å². The standard InChI is InChI=1S/C39H35N7O6S2/c40-38-42-29(22-54-38)30(44-52-39(25-10-4-1-5-11-25,26-12-6-2-7-13-26)27-14-8-3-9-15-27)33(47)43-31-35(49)46-32(37(50)51)24(21-53-36(31)46)18-23-16-17-45(34(23)48)28-19-41-20-28/h1-15,18,22,28,31,36,41H,16-17,19-21H2,(H2,40,42)(H,43,47)(H,50,51)/b23-18+,44-30-/t31-,36-/m1/s1. The number of carboxylic acid groups (broad SMARTS) is 1. The van der Waals surface area contributed by atoms with Crippen molar-refractivity contribution in [2.24, 2.45) is 5.16 Å². The van der Waals surface area contributed by atoms with Crippen molar-refractivity contribution in [2.45, 2.75) is 29.5 Å². The summed E-state index contributed by atoms with van der Waals surface area (Å²) in [5, 5.41) is 21.8. The molecule has 5 heterocycles. The number of thiazole rings is 1. The highest BCUT2D eigenvalue weighted by Crippen LogP contribution is 2.43. The number of likely N-dealkylation sites (tertiary alicyclic amines) is 1. The van der Waals surface area contributed by atoms with E-state index in [9.17, 15) is 24.3 Å². The van der Waals surface area contributed by atoms with Crippen molar-refractivity contribution in [3.63, 3.8) is 0 Å². The first-order valence-electron chi connectivity index (χ1n) is 17.3. The van der Waals surface area contributed by atoms with Crippen LogP contribution in [0.25, 0.3) is 0 Å². The molecule has 2 atom stereocenters. The minimum atomic E-state index is -1.31. The van der Waals surface area contributed by atoms with E-state index in [4.69, 9.17) is 10.6 Å². The third-order valence-corrected chi connectivity index (χ3v) is 12.0. The lowest BCUT2D eigenvalue weighted by Crippen LogP contribution is -2.71. The van der Waals surface area contributed by atoms with E-state index in [0.717, 1.165) is 41.1 Å². The number of β-lactam (4-membered cyclic amide) rings is 1. The van der Waals surface area contributed by atoms with Crippen molar-refractivity contribution in [1.29, 1.82) is 0 Å². The molecule has 8 rings (SSSR count). The summed E-state index contributed by atoms with van der Waals surface area (Å²) in [6.45, 7) is 2.04. The number of oxime groups is 1. The first-order chi connectivity index (χ1) is 26.3. The molecule has 5 N–H and O–H groups in total. The zero-order valence-electron chi connectivity index (χ0n) is 28.8. The lowest BCUT2D eigenvalue weighted by atomic mass is 9.80. The summed E-state index contributed by atoms with van der Waals surface area (Å²) in [4.78, 5) is 67.5. The number of amides is 3. The number of nitrogens with two attached hydrogens (primary N) is 1. The Morgan fingerprint density at radius 3 is 2.11 bits per heavy atom. The molecule has 0 aliphatic carbocycles. The number of hydrogen-bond acceptors (Lipinski definition) is 11. The average molecular weight is 762 g/mol. The monoisotopic (exact) mass is 761 g/mol. The number of carbonyl (C=O) groups is 4. The van der Waals surface area contributed by atoms with Crippen LogP contribution >= 0.6 is 23.1 Å². The van der Waals surface area contributed by atoms with Crippen LogP contribution in [0.2, 0.25) is 0 Å². The normalized spacial score (nSPS) is 21.1. The Bertz CT molecular complexity index is 2110. The highest BCUT2D eigenvalue weighted by Gasteiger charge is 2.54. The molecule has 15 heteroatoms. The van der Waals surface area contributed by atoms with Gasteiger partial charge in [-0.3, -0.25) is 19.3 Å². The minimum absolute atomic E-state index is 0.113. The number of nitrogens with one attached hydrogen (secondary N) is 2. The quantitative estimate of drug-likeness (QED) is 0.0583. The highest BCUT2D eigenvalue weighted by molar-refractivity contribution is 8.00. The summed E-state index contributed by atoms with van der Waals surface area (Å²) in [5.41, 5.74) is 7.57. The smallest absolute Gasteiger partial charge is 0.352 e. The highest BCUT2D eigenvalue weighted by atomic mass is 32.2. The Hall–Kier alpha value is -5.77. The van der Waals surface area contributed by atoms with Gasteiger partial charge in [-0.1, -0.05) is 96.2 Å². The van der Waals surface area contributed by atoms with Crippen LogP contribution in [0.1, 0.15) is 28.8 Å². The molecule has 3 saturated heterocycles. The second-order valence-corrected chi connectivity index (χ2v) is 15.1. The molecule has 0 spiro atoms. The van der Waals surface area contributed by atoms with Gasteiger partial charge in [0.15, 0.2) is 10.8 Å². The van der Waals surface area contributed by atoms with Crippen molar-refractivity contribution in [3.05, 3.63) is 142 Å². The molecular weight excluding hydrogens is 727 g/mol. The summed E-state index contributed by atoms with van der Waals surface area (Å²) in [5.74, 6) is -2.52. The number of carboxylic acids is 1. The van der Waals surface area contributed by atoms with Crippen molar-refractivity contribution in [1.82, 2.24) is 25.4 Å². The second-order valence-electron chi connectivity index (χ2n) is 13.2. The van der Waals surface area contributed by atoms with E-state index in [1.165, 1.54) is 16.7 Å². The number of benzene rings is 3. The number of fused-ring (bicyclic) bond motifs is 1. The zero-order valence-corrected chi connectivity index (χ0v) is 30.4. The Kier molecular flexibility index (Phi) is 9.52. The molecule has 3 fully saturated rings. The summed E-state index contributed by atoms with van der Waals surface area (Å²) in [6.07, 6.45) is 2.12. The Morgan fingerprint density at radius 1 is 0.981 bits per heavy atom. The van der Waals surface area contributed by atoms with E-state index < -0.39 is 34.8 Å². The molecule has 0 unspecified atom stereocenters. The largest absolute Gasteiger partial charge is 0.477 e. The molecule has 4 aliphatic rings. The van der Waals surface area contributed by atoms with Crippen LogP contribution in [0, 0.1) is 0 Å². The fourth-order valence-electron chi connectivity index (χ4n) is 7.18. The van der Waals surface area contributed by atoms with E-state index in [0.29, 0.717) is 24.1 Å². The SMILES string of the molecule is Nc1nc(/C(=N/OC(c2ccccc2)(c2ccccc2)c2ccccc2)C(=O)N[C@@H]2C(=O)N3C(C(=O)O)=C(/C=C4\CCN(C5CNC5)C4=O)CS[C@H]23)cs1. The number of hydrogen-bond donors (Lipinski definition) is 4. The number of nitrogens with zero attached hydrogens (tertiary/aromatic N) is 4. The molecule has 3 aromatic carbocycles. The third kappa shape index (κ3) is 6.23. The molecule has 3 amide bonds. The van der Waals surface area contributed by atoms with E-state index in [2.05, 4.69) is 20.8 Å². The van der Waals surface area contributed by atoms with Crippen molar-refractivity contribution >= 4 is 57.6 Å². The van der Waals surface area contributed by atoms with Gasteiger partial charge in [-0.05, 0) is 18.1 Å². The van der Waals surface area contributed by atoms with Crippen molar-refractivity contribution in [2.75, 3.05) is 31.1 Å². The van der Waals surface area contributed by atoms with Gasteiger partial charge in [0, 0.05) is 53.0 Å². The first-order valence-corrected chi connectivity index (χ1v) is 19.3. The first kappa shape index (κ1) is 35.3. The van der Waals surface area contributed by atoms with Gasteiger partial charge >= 0.3 is 5.97 Å². The van der Waals surface area contributed by atoms with E-state index >= 15 is 0 Å². The van der Waals surface area contributed by atoms with E-state index in [1.54, 1.807) is 11.5 Å². The maximum absolute atomic E-state index is 14.2. The van der Waals surface area contributed by atoms with Crippen LogP contribution in [0.4, 0.5) is 5.13 Å². The van der Waals surface area contributed by atoms with Crippen LogP contribution in [0.3, 0.4) is 0 Å². The summed E-state index contributed by atoms with van der Waals surface area (Å²) >= 11 is 2.43. The molecule has 274 valence electrons. The molecule has 13 nitrogen and oxygen atoms in total. The van der Waals surface area contributed by atoms with Gasteiger partial charge in [-0.15, -0.1) is 23.1 Å². The molecular formula is C39H35N7O6S2. The molecule has 4 aromatic rings. The number of thioether (sulfide) groups is 1. The molecule has 1 aromatic heterocycles. The Morgan fingerprint density at radius 2 is 1.59 bits per heavy atom. The number of aromatic nitrogens is 1. The number of aliphatic carboxylic acids is 1. The summed E-state index contributed by atoms with van der Waals surface area (Å²) < 4.78 is 0. The van der Waals surface area contributed by atoms with Gasteiger partial charge in [0.1, 0.15) is 22.8 Å². The summed E-state index contributed by atoms with van der Waals surface area (Å²) in [7, 11) is 0. The van der Waals surface area contributed by atoms with E-state index in [1.807, 2.05) is 95.9 Å². The van der Waals surface area contributed by atoms with Crippen LogP contribution in [-0.2, 0) is 29.6 Å². The second kappa shape index (κ2) is 14.6. The van der Waals surface area contributed by atoms with Crippen molar-refractivity contribution < 1.29 is 29.1 Å². The molecule has 0 saturated carbocycles. The fourth-order valence-corrected chi connectivity index (χ4v) is 9.03. The molecule has 4 aliphatic heterocycles. The maximum atomic E-state index is 14.2. The predicted octanol–water partition coefficient (Wildman–Crippen LogP) is 3.31. The molecule has 0 radical (unpaired) electrons. The van der Waals surface area contributed by atoms with Crippen LogP contribution in [0.15, 0.2) is 124 Å². The number of rotatable bonds is 11. The molecule has 54 heavy (non-hydrogen) atoms. The third-order valence-electron chi connectivity index (χ3n) is 9.99. The summed E-state index contributed by atoms with van der Waals surface area (Å²) in [6, 6.07) is 27.6. The van der Waals surface area contributed by atoms with Gasteiger partial charge in [-0.2, -0.15) is 0 Å². The molecule has 0 bridgehead atoms. The average Bonchev–Trinajstić information content (AvgIpc) is 3.76. The number of anilines is 1. The lowest BCUT2D eigenvalue weighted by Gasteiger charge is -2.49.